The molecule has 0 nitrogen and oxygen atoms in total. The Morgan fingerprint density at radius 3 is 2.12 bits per heavy atom. The molecule has 17 heavy (non-hydrogen) atoms. The number of hydrogen-bond donors (Lipinski definition) is 0. The van der Waals surface area contributed by atoms with Gasteiger partial charge in [-0.25, -0.2) is 0 Å². The molecule has 0 saturated heterocycles. The van der Waals surface area contributed by atoms with Crippen LogP contribution in [-0.4, -0.2) is 0 Å². The summed E-state index contributed by atoms with van der Waals surface area (Å²) in [4.78, 5) is 0. The van der Waals surface area contributed by atoms with Crippen molar-refractivity contribution in [1.82, 2.24) is 0 Å². The molecule has 0 heteroatoms. The summed E-state index contributed by atoms with van der Waals surface area (Å²) in [6.07, 6.45) is 14.9. The van der Waals surface area contributed by atoms with E-state index in [4.69, 9.17) is 0 Å². The lowest BCUT2D eigenvalue weighted by atomic mass is 9.50. The van der Waals surface area contributed by atoms with Crippen LogP contribution in [0.25, 0.3) is 0 Å². The van der Waals surface area contributed by atoms with Crippen molar-refractivity contribution in [2.75, 3.05) is 0 Å². The molecule has 0 N–H and O–H groups in total. The Hall–Kier alpha value is -0.260. The molecule has 0 radical (unpaired) electrons. The molecule has 0 aromatic rings. The van der Waals surface area contributed by atoms with Gasteiger partial charge in [0.1, 0.15) is 0 Å². The third-order valence-corrected chi connectivity index (χ3v) is 6.36. The van der Waals surface area contributed by atoms with Gasteiger partial charge in [0.15, 0.2) is 0 Å². The fraction of sp³-hybridized carbons (Fsp3) is 0.882. The Bertz CT molecular complexity index is 310. The van der Waals surface area contributed by atoms with Gasteiger partial charge in [0, 0.05) is 0 Å². The van der Waals surface area contributed by atoms with Crippen molar-refractivity contribution in [3.8, 4) is 0 Å². The molecule has 1 atom stereocenters. The molecule has 5 aliphatic rings. The zero-order chi connectivity index (χ0) is 11.4. The summed E-state index contributed by atoms with van der Waals surface area (Å²) in [6.45, 7) is 2.42. The van der Waals surface area contributed by atoms with Crippen molar-refractivity contribution >= 4 is 0 Å². The van der Waals surface area contributed by atoms with Crippen LogP contribution in [0.5, 0.6) is 0 Å². The summed E-state index contributed by atoms with van der Waals surface area (Å²) in [5.41, 5.74) is 1.90. The molecule has 0 aromatic heterocycles. The van der Waals surface area contributed by atoms with E-state index in [1.165, 1.54) is 19.3 Å². The van der Waals surface area contributed by atoms with E-state index in [1.54, 1.807) is 32.1 Å². The van der Waals surface area contributed by atoms with Crippen LogP contribution in [0.4, 0.5) is 0 Å². The minimum atomic E-state index is 0.954. The molecule has 5 aliphatic carbocycles. The molecule has 4 saturated carbocycles. The Labute approximate surface area is 106 Å². The molecule has 94 valence electrons. The third-order valence-electron chi connectivity index (χ3n) is 6.36. The van der Waals surface area contributed by atoms with Crippen molar-refractivity contribution in [2.24, 2.45) is 35.5 Å². The predicted molar refractivity (Wildman–Crippen MR) is 71.6 cm³/mol. The first-order valence-corrected chi connectivity index (χ1v) is 7.98. The predicted octanol–water partition coefficient (Wildman–Crippen LogP) is 4.81. The number of rotatable bonds is 1. The lowest BCUT2D eigenvalue weighted by molar-refractivity contribution is -0.0227. The fourth-order valence-corrected chi connectivity index (χ4v) is 5.82. The fourth-order valence-electron chi connectivity index (χ4n) is 5.82. The number of allylic oxidation sites excluding steroid dienone is 2. The molecule has 0 amide bonds. The van der Waals surface area contributed by atoms with Gasteiger partial charge < -0.3 is 0 Å². The SMILES string of the molecule is CC1CC=C(C2C3CC4CC(C3)CC2C4)CC1. The van der Waals surface area contributed by atoms with Crippen LogP contribution in [0.15, 0.2) is 11.6 Å². The largest absolute Gasteiger partial charge is 0.0848 e. The molecule has 4 bridgehead atoms. The zero-order valence-electron chi connectivity index (χ0n) is 11.2. The first-order valence-electron chi connectivity index (χ1n) is 7.98. The van der Waals surface area contributed by atoms with Gasteiger partial charge in [0.2, 0.25) is 0 Å². The summed E-state index contributed by atoms with van der Waals surface area (Å²) in [6, 6.07) is 0. The summed E-state index contributed by atoms with van der Waals surface area (Å²) in [7, 11) is 0. The summed E-state index contributed by atoms with van der Waals surface area (Å²) < 4.78 is 0. The van der Waals surface area contributed by atoms with E-state index < -0.39 is 0 Å². The minimum absolute atomic E-state index is 0.954. The van der Waals surface area contributed by atoms with Crippen LogP contribution in [0.1, 0.15) is 58.3 Å². The monoisotopic (exact) mass is 230 g/mol. The smallest absolute Gasteiger partial charge is 0.0146 e. The highest BCUT2D eigenvalue weighted by Gasteiger charge is 2.49. The lowest BCUT2D eigenvalue weighted by Gasteiger charge is -2.55. The summed E-state index contributed by atoms with van der Waals surface area (Å²) in [5, 5.41) is 0. The molecule has 5 rings (SSSR count). The summed E-state index contributed by atoms with van der Waals surface area (Å²) in [5.74, 6) is 6.47. The second kappa shape index (κ2) is 3.87. The average molecular weight is 230 g/mol. The molecule has 1 unspecified atom stereocenters. The summed E-state index contributed by atoms with van der Waals surface area (Å²) >= 11 is 0. The normalized spacial score (nSPS) is 52.6. The standard InChI is InChI=1S/C17H26/c1-11-2-4-14(5-3-11)17-15-7-12-6-13(9-15)10-16(17)8-12/h4,11-13,15-17H,2-3,5-10H2,1H3. The zero-order valence-corrected chi connectivity index (χ0v) is 11.2. The molecule has 0 spiro atoms. The van der Waals surface area contributed by atoms with Gasteiger partial charge in [-0.15, -0.1) is 0 Å². The molecular formula is C17H26. The topological polar surface area (TPSA) is 0 Å². The van der Waals surface area contributed by atoms with Crippen LogP contribution in [0.3, 0.4) is 0 Å². The van der Waals surface area contributed by atoms with Crippen molar-refractivity contribution in [1.29, 1.82) is 0 Å². The van der Waals surface area contributed by atoms with E-state index in [-0.39, 0.29) is 0 Å². The van der Waals surface area contributed by atoms with Gasteiger partial charge in [-0.05, 0) is 86.9 Å². The van der Waals surface area contributed by atoms with Crippen LogP contribution in [0, 0.1) is 35.5 Å². The van der Waals surface area contributed by atoms with Gasteiger partial charge in [-0.1, -0.05) is 18.6 Å². The first kappa shape index (κ1) is 10.6. The van der Waals surface area contributed by atoms with Crippen LogP contribution >= 0.6 is 0 Å². The van der Waals surface area contributed by atoms with Crippen LogP contribution in [-0.2, 0) is 0 Å². The first-order chi connectivity index (χ1) is 8.29. The molecule has 0 heterocycles. The second-order valence-electron chi connectivity index (χ2n) is 7.62. The molecule has 0 aliphatic heterocycles. The highest BCUT2D eigenvalue weighted by Crippen LogP contribution is 2.59. The van der Waals surface area contributed by atoms with Gasteiger partial charge in [-0.3, -0.25) is 0 Å². The van der Waals surface area contributed by atoms with E-state index in [2.05, 4.69) is 13.0 Å². The van der Waals surface area contributed by atoms with E-state index in [1.807, 2.05) is 5.57 Å². The van der Waals surface area contributed by atoms with Gasteiger partial charge in [-0.2, -0.15) is 0 Å². The van der Waals surface area contributed by atoms with Crippen molar-refractivity contribution in [2.45, 2.75) is 58.3 Å². The Morgan fingerprint density at radius 2 is 1.59 bits per heavy atom. The van der Waals surface area contributed by atoms with Crippen molar-refractivity contribution in [3.05, 3.63) is 11.6 Å². The molecular weight excluding hydrogens is 204 g/mol. The van der Waals surface area contributed by atoms with Gasteiger partial charge in [0.05, 0.1) is 0 Å². The lowest BCUT2D eigenvalue weighted by Crippen LogP contribution is -2.45. The van der Waals surface area contributed by atoms with E-state index in [9.17, 15) is 0 Å². The number of hydrogen-bond acceptors (Lipinski definition) is 0. The highest BCUT2D eigenvalue weighted by molar-refractivity contribution is 5.17. The Balaban J connectivity index is 1.58. The quantitative estimate of drug-likeness (QED) is 0.567. The third kappa shape index (κ3) is 1.71. The Morgan fingerprint density at radius 1 is 0.941 bits per heavy atom. The highest BCUT2D eigenvalue weighted by atomic mass is 14.5. The van der Waals surface area contributed by atoms with Gasteiger partial charge in [0.25, 0.3) is 0 Å². The van der Waals surface area contributed by atoms with Crippen LogP contribution < -0.4 is 0 Å². The maximum absolute atomic E-state index is 2.65. The maximum Gasteiger partial charge on any atom is -0.0146 e. The maximum atomic E-state index is 2.65. The van der Waals surface area contributed by atoms with Crippen molar-refractivity contribution < 1.29 is 0 Å². The molecule has 4 fully saturated rings. The second-order valence-corrected chi connectivity index (χ2v) is 7.62. The van der Waals surface area contributed by atoms with E-state index in [0.29, 0.717) is 0 Å². The Kier molecular flexibility index (Phi) is 2.42. The minimum Gasteiger partial charge on any atom is -0.0848 e. The van der Waals surface area contributed by atoms with Crippen molar-refractivity contribution in [3.63, 3.8) is 0 Å². The average Bonchev–Trinajstić information content (AvgIpc) is 2.30. The van der Waals surface area contributed by atoms with E-state index >= 15 is 0 Å². The van der Waals surface area contributed by atoms with E-state index in [0.717, 1.165) is 35.5 Å². The van der Waals surface area contributed by atoms with Crippen LogP contribution in [0.2, 0.25) is 0 Å². The van der Waals surface area contributed by atoms with Gasteiger partial charge >= 0.3 is 0 Å². The molecule has 0 aromatic carbocycles.